The highest BCUT2D eigenvalue weighted by Gasteiger charge is 2.19. The second kappa shape index (κ2) is 6.37. The third-order valence-corrected chi connectivity index (χ3v) is 3.66. The third-order valence-electron chi connectivity index (χ3n) is 1.77. The highest BCUT2D eigenvalue weighted by molar-refractivity contribution is 7.89. The predicted molar refractivity (Wildman–Crippen MR) is 53.5 cm³/mol. The third kappa shape index (κ3) is 6.04. The number of nitrogens with zero attached hydrogens (tertiary/aromatic N) is 2. The Bertz CT molecular complexity index is 344. The van der Waals surface area contributed by atoms with Crippen LogP contribution in [0.3, 0.4) is 0 Å². The molecular formula is C8H14N2O4S. The summed E-state index contributed by atoms with van der Waals surface area (Å²) in [6, 6.07) is 1.91. The first-order valence-electron chi connectivity index (χ1n) is 4.43. The molecule has 15 heavy (non-hydrogen) atoms. The van der Waals surface area contributed by atoms with Crippen LogP contribution in [0.4, 0.5) is 0 Å². The lowest BCUT2D eigenvalue weighted by Crippen LogP contribution is -2.33. The number of rotatable bonds is 7. The van der Waals surface area contributed by atoms with E-state index in [-0.39, 0.29) is 5.75 Å². The highest BCUT2D eigenvalue weighted by Crippen LogP contribution is 2.03. The summed E-state index contributed by atoms with van der Waals surface area (Å²) in [5.74, 6) is -1.29. The van der Waals surface area contributed by atoms with Crippen molar-refractivity contribution in [1.82, 2.24) is 4.31 Å². The molecule has 7 heteroatoms. The molecule has 0 amide bonds. The van der Waals surface area contributed by atoms with Crippen LogP contribution in [0.25, 0.3) is 0 Å². The first-order chi connectivity index (χ1) is 6.90. The van der Waals surface area contributed by atoms with Gasteiger partial charge in [0.2, 0.25) is 10.0 Å². The summed E-state index contributed by atoms with van der Waals surface area (Å²) in [6.45, 7) is -0.527. The van der Waals surface area contributed by atoms with Crippen molar-refractivity contribution >= 4 is 16.0 Å². The number of aliphatic carboxylic acids is 1. The number of nitriles is 1. The molecule has 0 fully saturated rings. The first-order valence-corrected chi connectivity index (χ1v) is 6.04. The van der Waals surface area contributed by atoms with Gasteiger partial charge in [-0.3, -0.25) is 4.79 Å². The van der Waals surface area contributed by atoms with E-state index in [9.17, 15) is 13.2 Å². The standard InChI is InChI=1S/C8H14N2O4S/c1-10(7-8(11)12)15(13,14)6-4-2-3-5-9/h2-4,6-7H2,1H3,(H,11,12). The van der Waals surface area contributed by atoms with Gasteiger partial charge in [0.25, 0.3) is 0 Å². The predicted octanol–water partition coefficient (Wildman–Crippen LogP) is 0.0265. The quantitative estimate of drug-likeness (QED) is 0.626. The van der Waals surface area contributed by atoms with Crippen LogP contribution in [0.15, 0.2) is 0 Å². The van der Waals surface area contributed by atoms with E-state index < -0.39 is 22.5 Å². The van der Waals surface area contributed by atoms with E-state index in [1.807, 2.05) is 6.07 Å². The Morgan fingerprint density at radius 3 is 2.53 bits per heavy atom. The van der Waals surface area contributed by atoms with Crippen molar-refractivity contribution in [3.8, 4) is 6.07 Å². The van der Waals surface area contributed by atoms with Gasteiger partial charge in [0, 0.05) is 13.5 Å². The smallest absolute Gasteiger partial charge is 0.318 e. The molecule has 0 saturated carbocycles. The zero-order valence-electron chi connectivity index (χ0n) is 8.51. The summed E-state index contributed by atoms with van der Waals surface area (Å²) >= 11 is 0. The maximum absolute atomic E-state index is 11.4. The maximum Gasteiger partial charge on any atom is 0.318 e. The number of likely N-dealkylation sites (N-methyl/N-ethyl adjacent to an activating group) is 1. The van der Waals surface area contributed by atoms with Crippen molar-refractivity contribution in [2.75, 3.05) is 19.3 Å². The molecule has 0 atom stereocenters. The van der Waals surface area contributed by atoms with Gasteiger partial charge in [-0.1, -0.05) is 0 Å². The Morgan fingerprint density at radius 1 is 1.47 bits per heavy atom. The molecule has 0 aliphatic carbocycles. The van der Waals surface area contributed by atoms with Crippen LogP contribution in [-0.4, -0.2) is 43.1 Å². The zero-order valence-corrected chi connectivity index (χ0v) is 9.33. The number of sulfonamides is 1. The number of carbonyl (C=O) groups is 1. The van der Waals surface area contributed by atoms with Gasteiger partial charge in [-0.2, -0.15) is 9.57 Å². The fourth-order valence-electron chi connectivity index (χ4n) is 0.933. The average molecular weight is 234 g/mol. The molecular weight excluding hydrogens is 220 g/mol. The van der Waals surface area contributed by atoms with Gasteiger partial charge < -0.3 is 5.11 Å². The summed E-state index contributed by atoms with van der Waals surface area (Å²) in [4.78, 5) is 10.3. The van der Waals surface area contributed by atoms with Crippen LogP contribution in [0.1, 0.15) is 19.3 Å². The van der Waals surface area contributed by atoms with Gasteiger partial charge in [0.1, 0.15) is 6.54 Å². The zero-order chi connectivity index (χ0) is 11.9. The van der Waals surface area contributed by atoms with Crippen molar-refractivity contribution in [1.29, 1.82) is 5.26 Å². The summed E-state index contributed by atoms with van der Waals surface area (Å²) in [5.41, 5.74) is 0. The van der Waals surface area contributed by atoms with E-state index in [1.165, 1.54) is 7.05 Å². The number of hydrogen-bond donors (Lipinski definition) is 1. The Hall–Kier alpha value is -1.13. The van der Waals surface area contributed by atoms with Gasteiger partial charge >= 0.3 is 5.97 Å². The van der Waals surface area contributed by atoms with Crippen molar-refractivity contribution in [3.05, 3.63) is 0 Å². The minimum Gasteiger partial charge on any atom is -0.480 e. The van der Waals surface area contributed by atoms with Crippen molar-refractivity contribution in [3.63, 3.8) is 0 Å². The van der Waals surface area contributed by atoms with Crippen LogP contribution in [-0.2, 0) is 14.8 Å². The highest BCUT2D eigenvalue weighted by atomic mass is 32.2. The molecule has 86 valence electrons. The van der Waals surface area contributed by atoms with Gasteiger partial charge in [0.05, 0.1) is 11.8 Å². The normalized spacial score (nSPS) is 11.3. The van der Waals surface area contributed by atoms with Gasteiger partial charge in [-0.05, 0) is 12.8 Å². The second-order valence-corrected chi connectivity index (χ2v) is 5.28. The van der Waals surface area contributed by atoms with Crippen molar-refractivity contribution in [2.45, 2.75) is 19.3 Å². The molecule has 0 bridgehead atoms. The number of unbranched alkanes of at least 4 members (excludes halogenated alkanes) is 2. The van der Waals surface area contributed by atoms with E-state index in [0.717, 1.165) is 4.31 Å². The summed E-state index contributed by atoms with van der Waals surface area (Å²) in [5, 5.41) is 16.6. The fraction of sp³-hybridized carbons (Fsp3) is 0.750. The van der Waals surface area contributed by atoms with Crippen molar-refractivity contribution < 1.29 is 18.3 Å². The van der Waals surface area contributed by atoms with E-state index >= 15 is 0 Å². The van der Waals surface area contributed by atoms with E-state index in [2.05, 4.69) is 0 Å². The maximum atomic E-state index is 11.4. The summed E-state index contributed by atoms with van der Waals surface area (Å²) in [6.07, 6.45) is 1.20. The largest absolute Gasteiger partial charge is 0.480 e. The van der Waals surface area contributed by atoms with Crippen molar-refractivity contribution in [2.24, 2.45) is 0 Å². The monoisotopic (exact) mass is 234 g/mol. The fourth-order valence-corrected chi connectivity index (χ4v) is 2.12. The van der Waals surface area contributed by atoms with E-state index in [4.69, 9.17) is 10.4 Å². The lowest BCUT2D eigenvalue weighted by Gasteiger charge is -2.14. The minimum absolute atomic E-state index is 0.113. The molecule has 0 spiro atoms. The molecule has 0 aromatic rings. The molecule has 0 heterocycles. The second-order valence-electron chi connectivity index (χ2n) is 3.08. The number of carboxylic acid groups (broad SMARTS) is 1. The van der Waals surface area contributed by atoms with Gasteiger partial charge in [-0.25, -0.2) is 8.42 Å². The Kier molecular flexibility index (Phi) is 5.89. The topological polar surface area (TPSA) is 98.5 Å². The van der Waals surface area contributed by atoms with E-state index in [1.54, 1.807) is 0 Å². The van der Waals surface area contributed by atoms with Gasteiger partial charge in [0.15, 0.2) is 0 Å². The molecule has 0 rings (SSSR count). The molecule has 0 aliphatic rings. The Morgan fingerprint density at radius 2 is 2.07 bits per heavy atom. The lowest BCUT2D eigenvalue weighted by molar-refractivity contribution is -0.137. The number of hydrogen-bond acceptors (Lipinski definition) is 4. The van der Waals surface area contributed by atoms with Gasteiger partial charge in [-0.15, -0.1) is 0 Å². The molecule has 0 aromatic heterocycles. The molecule has 0 unspecified atom stereocenters. The summed E-state index contributed by atoms with van der Waals surface area (Å²) in [7, 11) is -2.26. The van der Waals surface area contributed by atoms with Crippen LogP contribution < -0.4 is 0 Å². The molecule has 0 aromatic carbocycles. The summed E-state index contributed by atoms with van der Waals surface area (Å²) < 4.78 is 23.6. The SMILES string of the molecule is CN(CC(=O)O)S(=O)(=O)CCCCC#N. The lowest BCUT2D eigenvalue weighted by atomic mass is 10.3. The molecule has 0 radical (unpaired) electrons. The molecule has 6 nitrogen and oxygen atoms in total. The first kappa shape index (κ1) is 13.9. The van der Waals surface area contributed by atoms with Crippen LogP contribution in [0.5, 0.6) is 0 Å². The van der Waals surface area contributed by atoms with Crippen LogP contribution >= 0.6 is 0 Å². The minimum atomic E-state index is -3.49. The average Bonchev–Trinajstić information content (AvgIpc) is 2.11. The molecule has 0 saturated heterocycles. The van der Waals surface area contributed by atoms with Crippen LogP contribution in [0.2, 0.25) is 0 Å². The molecule has 0 aliphatic heterocycles. The Balaban J connectivity index is 4.07. The van der Waals surface area contributed by atoms with Crippen LogP contribution in [0, 0.1) is 11.3 Å². The Labute approximate surface area is 89.2 Å². The number of carboxylic acids is 1. The molecule has 1 N–H and O–H groups in total. The van der Waals surface area contributed by atoms with E-state index in [0.29, 0.717) is 19.3 Å².